The zero-order valence-electron chi connectivity index (χ0n) is 18.4. The van der Waals surface area contributed by atoms with Gasteiger partial charge in [-0.3, -0.25) is 4.57 Å². The highest BCUT2D eigenvalue weighted by atomic mass is 32.2. The van der Waals surface area contributed by atoms with E-state index in [9.17, 15) is 8.42 Å². The topological polar surface area (TPSA) is 93.5 Å². The largest absolute Gasteiger partial charge is 0.493 e. The van der Waals surface area contributed by atoms with Crippen molar-refractivity contribution in [2.45, 2.75) is 32.1 Å². The quantitative estimate of drug-likeness (QED) is 0.595. The molecule has 0 spiro atoms. The van der Waals surface area contributed by atoms with E-state index in [-0.39, 0.29) is 0 Å². The Labute approximate surface area is 187 Å². The highest BCUT2D eigenvalue weighted by Crippen LogP contribution is 2.29. The maximum atomic E-state index is 13.2. The molecule has 1 aromatic carbocycles. The van der Waals surface area contributed by atoms with Crippen molar-refractivity contribution in [3.63, 3.8) is 0 Å². The Morgan fingerprint density at radius 2 is 1.72 bits per heavy atom. The van der Waals surface area contributed by atoms with Gasteiger partial charge in [0.25, 0.3) is 0 Å². The summed E-state index contributed by atoms with van der Waals surface area (Å²) in [5.74, 6) is 3.01. The Morgan fingerprint density at radius 3 is 2.44 bits per heavy atom. The van der Waals surface area contributed by atoms with Gasteiger partial charge in [0.15, 0.2) is 0 Å². The fourth-order valence-corrected chi connectivity index (χ4v) is 5.66. The number of piperazine rings is 1. The molecule has 0 radical (unpaired) electrons. The monoisotopic (exact) mass is 454 g/mol. The SMILES string of the molecule is Cc1nc(N2CCN(S(=O)(=O)c3ccc4c(c3)CCO4)CC2)cc(-n2cnc(C)c2C)n1. The van der Waals surface area contributed by atoms with Crippen LogP contribution in [0.4, 0.5) is 5.82 Å². The summed E-state index contributed by atoms with van der Waals surface area (Å²) >= 11 is 0. The third kappa shape index (κ3) is 3.63. The number of fused-ring (bicyclic) bond motifs is 1. The van der Waals surface area contributed by atoms with Crippen LogP contribution in [-0.4, -0.2) is 65.0 Å². The molecule has 32 heavy (non-hydrogen) atoms. The lowest BCUT2D eigenvalue weighted by Gasteiger charge is -2.34. The van der Waals surface area contributed by atoms with Crippen molar-refractivity contribution < 1.29 is 13.2 Å². The molecule has 1 fully saturated rings. The van der Waals surface area contributed by atoms with Crippen LogP contribution in [0, 0.1) is 20.8 Å². The summed E-state index contributed by atoms with van der Waals surface area (Å²) in [6.07, 6.45) is 2.51. The van der Waals surface area contributed by atoms with Gasteiger partial charge in [-0.25, -0.2) is 23.4 Å². The van der Waals surface area contributed by atoms with Crippen LogP contribution in [-0.2, 0) is 16.4 Å². The van der Waals surface area contributed by atoms with Gasteiger partial charge < -0.3 is 9.64 Å². The number of aromatic nitrogens is 4. The van der Waals surface area contributed by atoms with E-state index in [0.717, 1.165) is 40.8 Å². The molecule has 0 bridgehead atoms. The molecule has 3 aromatic rings. The van der Waals surface area contributed by atoms with Crippen molar-refractivity contribution in [2.75, 3.05) is 37.7 Å². The molecular weight excluding hydrogens is 428 g/mol. The van der Waals surface area contributed by atoms with Crippen LogP contribution in [0.25, 0.3) is 5.82 Å². The molecule has 10 heteroatoms. The first-order valence-corrected chi connectivity index (χ1v) is 12.1. The number of nitrogens with zero attached hydrogens (tertiary/aromatic N) is 6. The first kappa shape index (κ1) is 20.9. The lowest BCUT2D eigenvalue weighted by atomic mass is 10.2. The van der Waals surface area contributed by atoms with Crippen molar-refractivity contribution in [2.24, 2.45) is 0 Å². The van der Waals surface area contributed by atoms with Gasteiger partial charge in [0.1, 0.15) is 29.5 Å². The Morgan fingerprint density at radius 1 is 0.969 bits per heavy atom. The Balaban J connectivity index is 1.34. The Hall–Kier alpha value is -2.98. The molecule has 0 unspecified atom stereocenters. The van der Waals surface area contributed by atoms with Crippen molar-refractivity contribution >= 4 is 15.8 Å². The predicted molar refractivity (Wildman–Crippen MR) is 120 cm³/mol. The summed E-state index contributed by atoms with van der Waals surface area (Å²) in [6, 6.07) is 7.09. The maximum absolute atomic E-state index is 13.2. The van der Waals surface area contributed by atoms with E-state index in [1.165, 1.54) is 0 Å². The smallest absolute Gasteiger partial charge is 0.243 e. The fraction of sp³-hybridized carbons (Fsp3) is 0.409. The molecule has 9 nitrogen and oxygen atoms in total. The van der Waals surface area contributed by atoms with Gasteiger partial charge in [-0.2, -0.15) is 4.31 Å². The van der Waals surface area contributed by atoms with Gasteiger partial charge in [-0.15, -0.1) is 0 Å². The van der Waals surface area contributed by atoms with Crippen molar-refractivity contribution in [3.8, 4) is 11.6 Å². The summed E-state index contributed by atoms with van der Waals surface area (Å²) in [5, 5.41) is 0. The average molecular weight is 455 g/mol. The van der Waals surface area contributed by atoms with Crippen LogP contribution in [0.3, 0.4) is 0 Å². The van der Waals surface area contributed by atoms with Gasteiger partial charge >= 0.3 is 0 Å². The normalized spacial score (nSPS) is 16.8. The number of ether oxygens (including phenoxy) is 1. The van der Waals surface area contributed by atoms with E-state index < -0.39 is 10.0 Å². The molecule has 5 rings (SSSR count). The van der Waals surface area contributed by atoms with Crippen molar-refractivity contribution in [3.05, 3.63) is 53.4 Å². The molecule has 2 aliphatic rings. The van der Waals surface area contributed by atoms with Crippen LogP contribution in [0.15, 0.2) is 35.5 Å². The van der Waals surface area contributed by atoms with Crippen LogP contribution in [0.5, 0.6) is 5.75 Å². The third-order valence-corrected chi connectivity index (χ3v) is 8.07. The van der Waals surface area contributed by atoms with E-state index in [1.54, 1.807) is 28.8 Å². The second-order valence-corrected chi connectivity index (χ2v) is 10.1. The predicted octanol–water partition coefficient (Wildman–Crippen LogP) is 2.03. The lowest BCUT2D eigenvalue weighted by molar-refractivity contribution is 0.356. The second-order valence-electron chi connectivity index (χ2n) is 8.18. The number of hydrogen-bond acceptors (Lipinski definition) is 7. The molecule has 2 aromatic heterocycles. The van der Waals surface area contributed by atoms with Crippen LogP contribution in [0.2, 0.25) is 0 Å². The molecule has 1 saturated heterocycles. The van der Waals surface area contributed by atoms with Gasteiger partial charge in [0.05, 0.1) is 17.2 Å². The van der Waals surface area contributed by atoms with Gasteiger partial charge in [-0.05, 0) is 44.5 Å². The third-order valence-electron chi connectivity index (χ3n) is 6.17. The highest BCUT2D eigenvalue weighted by Gasteiger charge is 2.30. The molecule has 0 atom stereocenters. The summed E-state index contributed by atoms with van der Waals surface area (Å²) in [7, 11) is -3.55. The minimum Gasteiger partial charge on any atom is -0.493 e. The average Bonchev–Trinajstić information content (AvgIpc) is 3.39. The van der Waals surface area contributed by atoms with E-state index in [0.29, 0.717) is 43.5 Å². The Bertz CT molecular complexity index is 1280. The fourth-order valence-electron chi connectivity index (χ4n) is 4.18. The molecule has 4 heterocycles. The number of anilines is 1. The summed E-state index contributed by atoms with van der Waals surface area (Å²) in [6.45, 7) is 8.37. The molecule has 0 N–H and O–H groups in total. The van der Waals surface area contributed by atoms with Crippen LogP contribution >= 0.6 is 0 Å². The zero-order chi connectivity index (χ0) is 22.5. The summed E-state index contributed by atoms with van der Waals surface area (Å²) in [4.78, 5) is 16.0. The van der Waals surface area contributed by atoms with Gasteiger partial charge in [0, 0.05) is 44.4 Å². The molecule has 0 amide bonds. The van der Waals surface area contributed by atoms with E-state index >= 15 is 0 Å². The number of benzene rings is 1. The van der Waals surface area contributed by atoms with E-state index in [4.69, 9.17) is 4.74 Å². The zero-order valence-corrected chi connectivity index (χ0v) is 19.3. The van der Waals surface area contributed by atoms with Gasteiger partial charge in [0.2, 0.25) is 10.0 Å². The molecule has 2 aliphatic heterocycles. The number of sulfonamides is 1. The minimum absolute atomic E-state index is 0.335. The lowest BCUT2D eigenvalue weighted by Crippen LogP contribution is -2.49. The summed E-state index contributed by atoms with van der Waals surface area (Å²) < 4.78 is 35.4. The second kappa shape index (κ2) is 7.86. The van der Waals surface area contributed by atoms with Crippen LogP contribution in [0.1, 0.15) is 22.8 Å². The number of aryl methyl sites for hydroxylation is 2. The molecular formula is C22H26N6O3S. The van der Waals surface area contributed by atoms with Crippen LogP contribution < -0.4 is 9.64 Å². The molecule has 168 valence electrons. The maximum Gasteiger partial charge on any atom is 0.243 e. The minimum atomic E-state index is -3.55. The standard InChI is InChI=1S/C22H26N6O3S/c1-15-16(2)28(14-23-15)22-13-21(24-17(3)25-22)26-7-9-27(10-8-26)32(29,30)19-4-5-20-18(12-19)6-11-31-20/h4-5,12-14H,6-11H2,1-3H3. The number of imidazole rings is 1. The first-order valence-electron chi connectivity index (χ1n) is 10.7. The van der Waals surface area contributed by atoms with Crippen molar-refractivity contribution in [1.29, 1.82) is 0 Å². The van der Waals surface area contributed by atoms with E-state index in [1.807, 2.05) is 31.4 Å². The van der Waals surface area contributed by atoms with Gasteiger partial charge in [-0.1, -0.05) is 0 Å². The first-order chi connectivity index (χ1) is 15.3. The summed E-state index contributed by atoms with van der Waals surface area (Å²) in [5.41, 5.74) is 2.95. The Kier molecular flexibility index (Phi) is 5.13. The molecule has 0 saturated carbocycles. The number of hydrogen-bond donors (Lipinski definition) is 0. The number of rotatable bonds is 4. The highest BCUT2D eigenvalue weighted by molar-refractivity contribution is 7.89. The molecule has 0 aliphatic carbocycles. The van der Waals surface area contributed by atoms with E-state index in [2.05, 4.69) is 19.9 Å². The van der Waals surface area contributed by atoms with Crippen molar-refractivity contribution in [1.82, 2.24) is 23.8 Å².